The molecule has 7 heteroatoms. The molecule has 1 atom stereocenters. The van der Waals surface area contributed by atoms with Gasteiger partial charge in [-0.3, -0.25) is 4.21 Å². The number of halogens is 3. The molecule has 1 aromatic rings. The van der Waals surface area contributed by atoms with Crippen molar-refractivity contribution in [2.75, 3.05) is 4.72 Å². The van der Waals surface area contributed by atoms with Gasteiger partial charge in [0.1, 0.15) is 0 Å². The van der Waals surface area contributed by atoms with Gasteiger partial charge in [-0.15, -0.1) is 0 Å². The highest BCUT2D eigenvalue weighted by Gasteiger charge is 2.33. The SMILES string of the molecule is Cc1ccc(NS(=O)[O-])c(C(F)(F)F)c1. The Hall–Kier alpha value is -1.08. The van der Waals surface area contributed by atoms with Gasteiger partial charge in [0.2, 0.25) is 0 Å². The van der Waals surface area contributed by atoms with E-state index < -0.39 is 28.7 Å². The number of benzene rings is 1. The summed E-state index contributed by atoms with van der Waals surface area (Å²) in [4.78, 5) is 0. The molecule has 0 bridgehead atoms. The molecule has 84 valence electrons. The highest BCUT2D eigenvalue weighted by atomic mass is 32.2. The van der Waals surface area contributed by atoms with Crippen molar-refractivity contribution in [1.29, 1.82) is 0 Å². The maximum atomic E-state index is 12.4. The molecular weight excluding hydrogens is 231 g/mol. The Bertz CT molecular complexity index is 392. The molecule has 0 aliphatic heterocycles. The van der Waals surface area contributed by atoms with E-state index in [9.17, 15) is 21.9 Å². The van der Waals surface area contributed by atoms with Gasteiger partial charge in [-0.1, -0.05) is 11.6 Å². The van der Waals surface area contributed by atoms with E-state index in [1.54, 1.807) is 4.72 Å². The smallest absolute Gasteiger partial charge is 0.418 e. The van der Waals surface area contributed by atoms with E-state index in [1.165, 1.54) is 13.0 Å². The highest BCUT2D eigenvalue weighted by molar-refractivity contribution is 7.80. The molecule has 0 heterocycles. The van der Waals surface area contributed by atoms with Gasteiger partial charge in [-0.05, 0) is 19.1 Å². The molecular formula is C8H7F3NO2S-. The highest BCUT2D eigenvalue weighted by Crippen LogP contribution is 2.35. The van der Waals surface area contributed by atoms with Crippen LogP contribution in [0, 0.1) is 6.92 Å². The average molecular weight is 238 g/mol. The summed E-state index contributed by atoms with van der Waals surface area (Å²) in [5.41, 5.74) is -1.06. The fourth-order valence-corrected chi connectivity index (χ4v) is 1.43. The Labute approximate surface area is 86.7 Å². The van der Waals surface area contributed by atoms with Gasteiger partial charge < -0.3 is 9.27 Å². The normalized spacial score (nSPS) is 13.7. The monoisotopic (exact) mass is 238 g/mol. The van der Waals surface area contributed by atoms with Gasteiger partial charge >= 0.3 is 6.18 Å². The number of aryl methyl sites for hydroxylation is 1. The quantitative estimate of drug-likeness (QED) is 0.803. The molecule has 1 rings (SSSR count). The third-order valence-corrected chi connectivity index (χ3v) is 2.06. The molecule has 1 aromatic carbocycles. The van der Waals surface area contributed by atoms with Crippen molar-refractivity contribution in [2.24, 2.45) is 0 Å². The number of anilines is 1. The molecule has 0 spiro atoms. The third-order valence-electron chi connectivity index (χ3n) is 1.67. The first-order valence-corrected chi connectivity index (χ1v) is 4.92. The maximum absolute atomic E-state index is 12.4. The van der Waals surface area contributed by atoms with Crippen molar-refractivity contribution >= 4 is 17.0 Å². The molecule has 0 fully saturated rings. The second-order valence-corrected chi connectivity index (χ2v) is 3.56. The lowest BCUT2D eigenvalue weighted by Gasteiger charge is -2.16. The van der Waals surface area contributed by atoms with Crippen molar-refractivity contribution in [3.05, 3.63) is 29.3 Å². The van der Waals surface area contributed by atoms with Crippen LogP contribution < -0.4 is 4.72 Å². The van der Waals surface area contributed by atoms with E-state index in [0.29, 0.717) is 5.56 Å². The Kier molecular flexibility index (Phi) is 3.35. The molecule has 0 aromatic heterocycles. The lowest BCUT2D eigenvalue weighted by Crippen LogP contribution is -2.12. The molecule has 0 saturated carbocycles. The zero-order chi connectivity index (χ0) is 11.6. The summed E-state index contributed by atoms with van der Waals surface area (Å²) >= 11 is -2.77. The van der Waals surface area contributed by atoms with Crippen molar-refractivity contribution in [3.63, 3.8) is 0 Å². The lowest BCUT2D eigenvalue weighted by molar-refractivity contribution is -0.136. The Balaban J connectivity index is 3.20. The first-order chi connectivity index (χ1) is 6.80. The Morgan fingerprint density at radius 2 is 2.00 bits per heavy atom. The number of alkyl halides is 3. The van der Waals surface area contributed by atoms with Crippen LogP contribution in [0.1, 0.15) is 11.1 Å². The average Bonchev–Trinajstić information content (AvgIpc) is 2.05. The van der Waals surface area contributed by atoms with Crippen LogP contribution in [0.2, 0.25) is 0 Å². The minimum atomic E-state index is -4.58. The fourth-order valence-electron chi connectivity index (χ4n) is 1.07. The molecule has 0 amide bonds. The van der Waals surface area contributed by atoms with Gasteiger partial charge in [0.15, 0.2) is 0 Å². The molecule has 15 heavy (non-hydrogen) atoms. The summed E-state index contributed by atoms with van der Waals surface area (Å²) in [6.45, 7) is 1.49. The van der Waals surface area contributed by atoms with E-state index >= 15 is 0 Å². The first-order valence-electron chi connectivity index (χ1n) is 3.84. The zero-order valence-corrected chi connectivity index (χ0v) is 8.41. The van der Waals surface area contributed by atoms with Crippen molar-refractivity contribution in [2.45, 2.75) is 13.1 Å². The van der Waals surface area contributed by atoms with Crippen LogP contribution in [0.5, 0.6) is 0 Å². The minimum absolute atomic E-state index is 0.407. The largest absolute Gasteiger partial charge is 0.755 e. The third kappa shape index (κ3) is 3.21. The number of rotatable bonds is 2. The molecule has 1 N–H and O–H groups in total. The van der Waals surface area contributed by atoms with Crippen LogP contribution in [0.4, 0.5) is 18.9 Å². The summed E-state index contributed by atoms with van der Waals surface area (Å²) in [6, 6.07) is 3.35. The van der Waals surface area contributed by atoms with Crippen LogP contribution in [0.25, 0.3) is 0 Å². The fraction of sp³-hybridized carbons (Fsp3) is 0.250. The molecule has 0 saturated heterocycles. The van der Waals surface area contributed by atoms with E-state index in [2.05, 4.69) is 0 Å². The van der Waals surface area contributed by atoms with E-state index in [0.717, 1.165) is 12.1 Å². The summed E-state index contributed by atoms with van der Waals surface area (Å²) in [5.74, 6) is 0. The van der Waals surface area contributed by atoms with Crippen molar-refractivity contribution in [1.82, 2.24) is 0 Å². The molecule has 1 unspecified atom stereocenters. The van der Waals surface area contributed by atoms with E-state index in [-0.39, 0.29) is 0 Å². The summed E-state index contributed by atoms with van der Waals surface area (Å²) in [6.07, 6.45) is -4.58. The van der Waals surface area contributed by atoms with Crippen LogP contribution in [-0.4, -0.2) is 8.76 Å². The van der Waals surface area contributed by atoms with Crippen LogP contribution in [0.3, 0.4) is 0 Å². The number of hydrogen-bond acceptors (Lipinski definition) is 2. The van der Waals surface area contributed by atoms with Crippen LogP contribution in [0.15, 0.2) is 18.2 Å². The van der Waals surface area contributed by atoms with Crippen molar-refractivity contribution < 1.29 is 21.9 Å². The lowest BCUT2D eigenvalue weighted by atomic mass is 10.1. The van der Waals surface area contributed by atoms with Gasteiger partial charge in [0.25, 0.3) is 0 Å². The maximum Gasteiger partial charge on any atom is 0.418 e. The second kappa shape index (κ2) is 4.19. The van der Waals surface area contributed by atoms with Crippen LogP contribution in [-0.2, 0) is 17.4 Å². The zero-order valence-electron chi connectivity index (χ0n) is 7.59. The minimum Gasteiger partial charge on any atom is -0.755 e. The van der Waals surface area contributed by atoms with Gasteiger partial charge in [0.05, 0.1) is 11.3 Å². The standard InChI is InChI=1S/C8H8F3NO2S/c1-5-2-3-7(12-15(13)14)6(4-5)8(9,10)11/h2-4,12H,1H3,(H,13,14)/p-1. The van der Waals surface area contributed by atoms with Gasteiger partial charge in [0, 0.05) is 11.3 Å². The summed E-state index contributed by atoms with van der Waals surface area (Å²) in [7, 11) is 0. The molecule has 0 aliphatic carbocycles. The van der Waals surface area contributed by atoms with Crippen LogP contribution >= 0.6 is 0 Å². The topological polar surface area (TPSA) is 52.2 Å². The Morgan fingerprint density at radius 3 is 2.47 bits per heavy atom. The number of nitrogens with one attached hydrogen (secondary N) is 1. The van der Waals surface area contributed by atoms with Gasteiger partial charge in [-0.2, -0.15) is 13.2 Å². The predicted octanol–water partition coefficient (Wildman–Crippen LogP) is 2.22. The Morgan fingerprint density at radius 1 is 1.40 bits per heavy atom. The molecule has 3 nitrogen and oxygen atoms in total. The summed E-state index contributed by atoms with van der Waals surface area (Å²) < 4.78 is 59.5. The predicted molar refractivity (Wildman–Crippen MR) is 48.7 cm³/mol. The first kappa shape index (κ1) is 12.0. The molecule has 0 radical (unpaired) electrons. The van der Waals surface area contributed by atoms with Gasteiger partial charge in [-0.25, -0.2) is 0 Å². The molecule has 0 aliphatic rings. The summed E-state index contributed by atoms with van der Waals surface area (Å²) in [5, 5.41) is 0. The van der Waals surface area contributed by atoms with E-state index in [4.69, 9.17) is 0 Å². The second-order valence-electron chi connectivity index (χ2n) is 2.88. The van der Waals surface area contributed by atoms with E-state index in [1.807, 2.05) is 0 Å². The number of hydrogen-bond donors (Lipinski definition) is 1. The van der Waals surface area contributed by atoms with Crippen molar-refractivity contribution in [3.8, 4) is 0 Å².